The molecule has 10 heteroatoms. The molecule has 2 unspecified atom stereocenters. The quantitative estimate of drug-likeness (QED) is 0.570. The summed E-state index contributed by atoms with van der Waals surface area (Å²) < 4.78 is 9.58. The molecule has 2 atom stereocenters. The zero-order valence-corrected chi connectivity index (χ0v) is 20.3. The van der Waals surface area contributed by atoms with E-state index < -0.39 is 35.8 Å². The van der Waals surface area contributed by atoms with Gasteiger partial charge in [0.1, 0.15) is 12.1 Å². The van der Waals surface area contributed by atoms with Crippen molar-refractivity contribution in [2.24, 2.45) is 11.3 Å². The summed E-state index contributed by atoms with van der Waals surface area (Å²) in [6, 6.07) is -0.0882. The number of Topliss-reactive ketones (excluding diaryl/α,β-unsaturated/α-hetero) is 1. The van der Waals surface area contributed by atoms with Gasteiger partial charge in [-0.25, -0.2) is 4.79 Å². The summed E-state index contributed by atoms with van der Waals surface area (Å²) in [6.45, 7) is 9.92. The lowest BCUT2D eigenvalue weighted by Gasteiger charge is -2.25. The molecule has 0 saturated heterocycles. The third-order valence-corrected chi connectivity index (χ3v) is 5.75. The van der Waals surface area contributed by atoms with E-state index in [1.807, 2.05) is 26.8 Å². The summed E-state index contributed by atoms with van der Waals surface area (Å²) in [5.74, 6) is -2.28. The van der Waals surface area contributed by atoms with Gasteiger partial charge in [0, 0.05) is 17.8 Å². The van der Waals surface area contributed by atoms with Crippen LogP contribution in [0.2, 0.25) is 0 Å². The average Bonchev–Trinajstić information content (AvgIpc) is 3.14. The predicted octanol–water partition coefficient (Wildman–Crippen LogP) is 1.99. The minimum Gasteiger partial charge on any atom is -0.449 e. The zero-order valence-electron chi connectivity index (χ0n) is 19.4. The second kappa shape index (κ2) is 11.4. The van der Waals surface area contributed by atoms with Crippen LogP contribution in [0.5, 0.6) is 0 Å². The maximum atomic E-state index is 13.0. The molecule has 3 amide bonds. The van der Waals surface area contributed by atoms with E-state index in [0.29, 0.717) is 12.2 Å². The van der Waals surface area contributed by atoms with E-state index in [4.69, 9.17) is 4.74 Å². The fourth-order valence-electron chi connectivity index (χ4n) is 3.11. The van der Waals surface area contributed by atoms with E-state index in [0.717, 1.165) is 24.1 Å². The number of ketones is 1. The number of hydrogen-bond acceptors (Lipinski definition) is 7. The van der Waals surface area contributed by atoms with Crippen molar-refractivity contribution in [2.75, 3.05) is 13.2 Å². The van der Waals surface area contributed by atoms with Crippen molar-refractivity contribution in [3.8, 4) is 0 Å². The molecule has 1 aromatic rings. The third kappa shape index (κ3) is 8.22. The van der Waals surface area contributed by atoms with Gasteiger partial charge in [0.15, 0.2) is 0 Å². The number of carbonyl (C=O) groups is 4. The Labute approximate surface area is 193 Å². The monoisotopic (exact) mass is 466 g/mol. The van der Waals surface area contributed by atoms with Crippen LogP contribution in [0.3, 0.4) is 0 Å². The molecule has 1 aromatic heterocycles. The molecule has 32 heavy (non-hydrogen) atoms. The summed E-state index contributed by atoms with van der Waals surface area (Å²) in [7, 11) is 0. The summed E-state index contributed by atoms with van der Waals surface area (Å²) in [4.78, 5) is 51.4. The molecule has 2 heterocycles. The second-order valence-corrected chi connectivity index (χ2v) is 10.5. The standard InChI is InChI=1S/C22H34N4O5S/c1-13(2)17(25-21(30)31-12-22(3,4)5)19(28)24-16-11-14-10-15(32-26-14)8-6-7-9-23-20(29)18(16)27/h10,13,16-17H,6-9,11-12H2,1-5H3,(H,23,29)(H,24,28)(H,25,30). The lowest BCUT2D eigenvalue weighted by atomic mass is 9.99. The van der Waals surface area contributed by atoms with Crippen molar-refractivity contribution in [3.63, 3.8) is 0 Å². The summed E-state index contributed by atoms with van der Waals surface area (Å²) >= 11 is 1.37. The van der Waals surface area contributed by atoms with Gasteiger partial charge in [-0.2, -0.15) is 4.37 Å². The van der Waals surface area contributed by atoms with E-state index in [2.05, 4.69) is 20.3 Å². The molecule has 178 valence electrons. The Kier molecular flexibility index (Phi) is 9.18. The number of nitrogens with one attached hydrogen (secondary N) is 3. The number of aromatic nitrogens is 1. The van der Waals surface area contributed by atoms with Gasteiger partial charge in [-0.3, -0.25) is 14.4 Å². The van der Waals surface area contributed by atoms with E-state index in [9.17, 15) is 19.2 Å². The Morgan fingerprint density at radius 1 is 1.28 bits per heavy atom. The van der Waals surface area contributed by atoms with Crippen LogP contribution < -0.4 is 16.0 Å². The first-order valence-electron chi connectivity index (χ1n) is 11.0. The molecule has 0 aliphatic carbocycles. The molecule has 0 radical (unpaired) electrons. The number of amides is 3. The summed E-state index contributed by atoms with van der Waals surface area (Å²) in [6.07, 6.45) is 1.89. The average molecular weight is 467 g/mol. The van der Waals surface area contributed by atoms with Crippen LogP contribution in [-0.2, 0) is 32.0 Å². The van der Waals surface area contributed by atoms with E-state index in [1.165, 1.54) is 11.5 Å². The number of aryl methyl sites for hydroxylation is 1. The highest BCUT2D eigenvalue weighted by Gasteiger charge is 2.32. The van der Waals surface area contributed by atoms with Crippen molar-refractivity contribution in [3.05, 3.63) is 16.6 Å². The van der Waals surface area contributed by atoms with Crippen LogP contribution in [0, 0.1) is 11.3 Å². The molecule has 2 rings (SSSR count). The highest BCUT2D eigenvalue weighted by molar-refractivity contribution is 7.05. The molecule has 9 nitrogen and oxygen atoms in total. The predicted molar refractivity (Wildman–Crippen MR) is 121 cm³/mol. The summed E-state index contributed by atoms with van der Waals surface area (Å²) in [5.41, 5.74) is 0.433. The van der Waals surface area contributed by atoms with Crippen LogP contribution in [0.1, 0.15) is 58.0 Å². The lowest BCUT2D eigenvalue weighted by molar-refractivity contribution is -0.140. The SMILES string of the molecule is CC(C)C(NC(=O)OCC(C)(C)C)C(=O)NC1Cc2cc(sn2)CCCCNC(=O)C1=O. The lowest BCUT2D eigenvalue weighted by Crippen LogP contribution is -2.56. The Bertz CT molecular complexity index is 831. The Morgan fingerprint density at radius 3 is 2.66 bits per heavy atom. The minimum absolute atomic E-state index is 0.105. The van der Waals surface area contributed by atoms with Crippen molar-refractivity contribution in [1.29, 1.82) is 0 Å². The Balaban J connectivity index is 2.13. The second-order valence-electron chi connectivity index (χ2n) is 9.63. The number of alkyl carbamates (subject to hydrolysis) is 1. The maximum absolute atomic E-state index is 13.0. The number of hydrogen-bond donors (Lipinski definition) is 3. The number of nitrogens with zero attached hydrogens (tertiary/aromatic N) is 1. The van der Waals surface area contributed by atoms with Gasteiger partial charge in [0.05, 0.1) is 12.3 Å². The van der Waals surface area contributed by atoms with Crippen LogP contribution in [-0.4, -0.2) is 53.3 Å². The molecule has 2 bridgehead atoms. The first kappa shape index (κ1) is 25.8. The highest BCUT2D eigenvalue weighted by atomic mass is 32.1. The maximum Gasteiger partial charge on any atom is 0.407 e. The fourth-order valence-corrected chi connectivity index (χ4v) is 3.89. The Hall–Kier alpha value is -2.49. The number of carbonyl (C=O) groups excluding carboxylic acids is 4. The smallest absolute Gasteiger partial charge is 0.407 e. The van der Waals surface area contributed by atoms with Crippen LogP contribution in [0.4, 0.5) is 4.79 Å². The van der Waals surface area contributed by atoms with E-state index >= 15 is 0 Å². The van der Waals surface area contributed by atoms with Crippen molar-refractivity contribution >= 4 is 35.2 Å². The van der Waals surface area contributed by atoms with Gasteiger partial charge in [-0.1, -0.05) is 34.6 Å². The molecule has 1 aliphatic rings. The minimum atomic E-state index is -1.08. The van der Waals surface area contributed by atoms with Crippen molar-refractivity contribution in [2.45, 2.75) is 72.4 Å². The third-order valence-electron chi connectivity index (χ3n) is 4.87. The van der Waals surface area contributed by atoms with Gasteiger partial charge in [-0.05, 0) is 48.2 Å². The molecule has 0 aromatic carbocycles. The van der Waals surface area contributed by atoms with Gasteiger partial charge in [0.2, 0.25) is 11.7 Å². The van der Waals surface area contributed by atoms with Gasteiger partial charge in [-0.15, -0.1) is 0 Å². The first-order chi connectivity index (χ1) is 15.0. The van der Waals surface area contributed by atoms with E-state index in [1.54, 1.807) is 13.8 Å². The molecular formula is C22H34N4O5S. The van der Waals surface area contributed by atoms with Crippen LogP contribution >= 0.6 is 11.5 Å². The molecular weight excluding hydrogens is 432 g/mol. The summed E-state index contributed by atoms with van der Waals surface area (Å²) in [5, 5.41) is 7.85. The van der Waals surface area contributed by atoms with Crippen molar-refractivity contribution in [1.82, 2.24) is 20.3 Å². The zero-order chi connectivity index (χ0) is 23.9. The first-order valence-corrected chi connectivity index (χ1v) is 11.7. The number of ether oxygens (including phenoxy) is 1. The van der Waals surface area contributed by atoms with Crippen molar-refractivity contribution < 1.29 is 23.9 Å². The molecule has 3 N–H and O–H groups in total. The van der Waals surface area contributed by atoms with Crippen LogP contribution in [0.15, 0.2) is 6.07 Å². The molecule has 1 aliphatic heterocycles. The fraction of sp³-hybridized carbons (Fsp3) is 0.682. The van der Waals surface area contributed by atoms with Gasteiger partial charge in [0.25, 0.3) is 5.91 Å². The normalized spacial score (nSPS) is 18.8. The largest absolute Gasteiger partial charge is 0.449 e. The number of fused-ring (bicyclic) bond motifs is 2. The topological polar surface area (TPSA) is 126 Å². The molecule has 0 fully saturated rings. The Morgan fingerprint density at radius 2 is 2.00 bits per heavy atom. The highest BCUT2D eigenvalue weighted by Crippen LogP contribution is 2.16. The molecule has 0 saturated carbocycles. The number of rotatable bonds is 5. The van der Waals surface area contributed by atoms with Crippen LogP contribution in [0.25, 0.3) is 0 Å². The van der Waals surface area contributed by atoms with E-state index in [-0.39, 0.29) is 24.4 Å². The van der Waals surface area contributed by atoms with Gasteiger partial charge >= 0.3 is 6.09 Å². The van der Waals surface area contributed by atoms with Gasteiger partial charge < -0.3 is 20.7 Å². The molecule has 0 spiro atoms.